The molecule has 1 aromatic heterocycles. The fourth-order valence-corrected chi connectivity index (χ4v) is 2.02. The van der Waals surface area contributed by atoms with E-state index in [2.05, 4.69) is 40.6 Å². The lowest BCUT2D eigenvalue weighted by atomic mass is 10.1. The number of benzene rings is 2. The maximum absolute atomic E-state index is 4.61. The Kier molecular flexibility index (Phi) is 2.69. The van der Waals surface area contributed by atoms with Crippen molar-refractivity contribution in [3.05, 3.63) is 66.4 Å². The van der Waals surface area contributed by atoms with E-state index in [1.54, 1.807) is 0 Å². The molecule has 0 saturated heterocycles. The number of nitrogens with one attached hydrogen (secondary N) is 1. The minimum absolute atomic E-state index is 1.02. The van der Waals surface area contributed by atoms with Crippen LogP contribution in [0, 0.1) is 6.92 Å². The van der Waals surface area contributed by atoms with Gasteiger partial charge in [-0.2, -0.15) is 0 Å². The van der Waals surface area contributed by atoms with Crippen LogP contribution in [0.3, 0.4) is 0 Å². The molecule has 0 spiro atoms. The molecule has 3 rings (SSSR count). The number of fused-ring (bicyclic) bond motifs is 1. The molecule has 0 unspecified atom stereocenters. The molecule has 3 aromatic rings. The number of aromatic nitrogens is 1. The van der Waals surface area contributed by atoms with E-state index in [0.717, 1.165) is 28.0 Å². The zero-order valence-electron chi connectivity index (χ0n) is 10.2. The molecular formula is C16H14N2. The van der Waals surface area contributed by atoms with Gasteiger partial charge in [-0.1, -0.05) is 36.4 Å². The molecule has 2 aromatic carbocycles. The predicted molar refractivity (Wildman–Crippen MR) is 76.2 cm³/mol. The van der Waals surface area contributed by atoms with Gasteiger partial charge < -0.3 is 5.32 Å². The summed E-state index contributed by atoms with van der Waals surface area (Å²) in [5.41, 5.74) is 4.17. The number of anilines is 2. The summed E-state index contributed by atoms with van der Waals surface area (Å²) in [6.07, 6.45) is 0. The number of hydrogen-bond donors (Lipinski definition) is 1. The summed E-state index contributed by atoms with van der Waals surface area (Å²) in [6, 6.07) is 20.5. The fourth-order valence-electron chi connectivity index (χ4n) is 2.02. The first-order valence-electron chi connectivity index (χ1n) is 6.01. The van der Waals surface area contributed by atoms with Crippen molar-refractivity contribution in [2.75, 3.05) is 5.32 Å². The summed E-state index contributed by atoms with van der Waals surface area (Å²) >= 11 is 0. The minimum atomic E-state index is 1.02. The van der Waals surface area contributed by atoms with Gasteiger partial charge in [0.2, 0.25) is 0 Å². The molecule has 18 heavy (non-hydrogen) atoms. The molecule has 0 aliphatic rings. The number of hydrogen-bond acceptors (Lipinski definition) is 2. The third kappa shape index (κ3) is 2.05. The molecule has 0 fully saturated rings. The Morgan fingerprint density at radius 1 is 0.833 bits per heavy atom. The molecule has 0 radical (unpaired) electrons. The lowest BCUT2D eigenvalue weighted by Gasteiger charge is -2.09. The Bertz CT molecular complexity index is 675. The Morgan fingerprint density at radius 2 is 1.67 bits per heavy atom. The molecule has 0 amide bonds. The molecular weight excluding hydrogens is 220 g/mol. The Labute approximate surface area is 106 Å². The highest BCUT2D eigenvalue weighted by Gasteiger charge is 2.02. The summed E-state index contributed by atoms with van der Waals surface area (Å²) in [5.74, 6) is 0. The summed E-state index contributed by atoms with van der Waals surface area (Å²) in [6.45, 7) is 2.01. The van der Waals surface area contributed by atoms with Crippen LogP contribution in [-0.2, 0) is 0 Å². The van der Waals surface area contributed by atoms with Gasteiger partial charge in [-0.15, -0.1) is 0 Å². The first kappa shape index (κ1) is 10.8. The molecule has 1 N–H and O–H groups in total. The standard InChI is InChI=1S/C16H14N2/c1-12-10-11-13-6-5-9-15(16(13)17-12)18-14-7-3-2-4-8-14/h2-11,18H,1H3. The summed E-state index contributed by atoms with van der Waals surface area (Å²) in [5, 5.41) is 4.57. The van der Waals surface area contributed by atoms with E-state index in [9.17, 15) is 0 Å². The zero-order chi connectivity index (χ0) is 12.4. The van der Waals surface area contributed by atoms with Crippen molar-refractivity contribution in [2.24, 2.45) is 0 Å². The second-order valence-electron chi connectivity index (χ2n) is 4.32. The highest BCUT2D eigenvalue weighted by atomic mass is 14.9. The zero-order valence-corrected chi connectivity index (χ0v) is 10.2. The van der Waals surface area contributed by atoms with Crippen molar-refractivity contribution in [1.82, 2.24) is 4.98 Å². The Morgan fingerprint density at radius 3 is 2.50 bits per heavy atom. The van der Waals surface area contributed by atoms with Crippen molar-refractivity contribution in [3.63, 3.8) is 0 Å². The van der Waals surface area contributed by atoms with Gasteiger partial charge in [0.15, 0.2) is 0 Å². The summed E-state index contributed by atoms with van der Waals surface area (Å²) < 4.78 is 0. The quantitative estimate of drug-likeness (QED) is 0.715. The van der Waals surface area contributed by atoms with Crippen LogP contribution in [0.1, 0.15) is 5.69 Å². The molecule has 0 atom stereocenters. The van der Waals surface area contributed by atoms with Gasteiger partial charge in [-0.3, -0.25) is 4.98 Å². The monoisotopic (exact) mass is 234 g/mol. The van der Waals surface area contributed by atoms with Gasteiger partial charge in [0.25, 0.3) is 0 Å². The van der Waals surface area contributed by atoms with Crippen LogP contribution in [-0.4, -0.2) is 4.98 Å². The van der Waals surface area contributed by atoms with Crippen molar-refractivity contribution in [3.8, 4) is 0 Å². The second kappa shape index (κ2) is 4.49. The molecule has 0 bridgehead atoms. The van der Waals surface area contributed by atoms with Gasteiger partial charge >= 0.3 is 0 Å². The van der Waals surface area contributed by atoms with E-state index >= 15 is 0 Å². The van der Waals surface area contributed by atoms with E-state index in [4.69, 9.17) is 0 Å². The van der Waals surface area contributed by atoms with Gasteiger partial charge in [0.05, 0.1) is 11.2 Å². The van der Waals surface area contributed by atoms with Gasteiger partial charge in [-0.25, -0.2) is 0 Å². The van der Waals surface area contributed by atoms with E-state index in [-0.39, 0.29) is 0 Å². The van der Waals surface area contributed by atoms with Crippen LogP contribution in [0.5, 0.6) is 0 Å². The number of aryl methyl sites for hydroxylation is 1. The third-order valence-electron chi connectivity index (χ3n) is 2.91. The third-order valence-corrected chi connectivity index (χ3v) is 2.91. The fraction of sp³-hybridized carbons (Fsp3) is 0.0625. The topological polar surface area (TPSA) is 24.9 Å². The van der Waals surface area contributed by atoms with Crippen LogP contribution in [0.4, 0.5) is 11.4 Å². The van der Waals surface area contributed by atoms with Crippen LogP contribution in [0.2, 0.25) is 0 Å². The average molecular weight is 234 g/mol. The smallest absolute Gasteiger partial charge is 0.0939 e. The summed E-state index contributed by atoms with van der Waals surface area (Å²) in [7, 11) is 0. The highest BCUT2D eigenvalue weighted by molar-refractivity contribution is 5.92. The molecule has 0 aliphatic carbocycles. The van der Waals surface area contributed by atoms with Gasteiger partial charge in [0, 0.05) is 16.8 Å². The Balaban J connectivity index is 2.09. The van der Waals surface area contributed by atoms with E-state index in [1.165, 1.54) is 0 Å². The van der Waals surface area contributed by atoms with Gasteiger partial charge in [0.1, 0.15) is 0 Å². The molecule has 0 saturated carbocycles. The van der Waals surface area contributed by atoms with E-state index in [0.29, 0.717) is 0 Å². The normalized spacial score (nSPS) is 10.5. The maximum Gasteiger partial charge on any atom is 0.0939 e. The lowest BCUT2D eigenvalue weighted by Crippen LogP contribution is -1.93. The SMILES string of the molecule is Cc1ccc2cccc(Nc3ccccc3)c2n1. The van der Waals surface area contributed by atoms with Crippen molar-refractivity contribution in [2.45, 2.75) is 6.92 Å². The lowest BCUT2D eigenvalue weighted by molar-refractivity contribution is 1.25. The predicted octanol–water partition coefficient (Wildman–Crippen LogP) is 4.29. The van der Waals surface area contributed by atoms with Gasteiger partial charge in [-0.05, 0) is 31.2 Å². The average Bonchev–Trinajstić information content (AvgIpc) is 2.41. The van der Waals surface area contributed by atoms with Crippen LogP contribution < -0.4 is 5.32 Å². The number of para-hydroxylation sites is 2. The molecule has 2 nitrogen and oxygen atoms in total. The van der Waals surface area contributed by atoms with Crippen molar-refractivity contribution >= 4 is 22.3 Å². The second-order valence-corrected chi connectivity index (χ2v) is 4.32. The van der Waals surface area contributed by atoms with Crippen LogP contribution in [0.25, 0.3) is 10.9 Å². The first-order chi connectivity index (χ1) is 8.83. The molecule has 2 heteroatoms. The van der Waals surface area contributed by atoms with Crippen molar-refractivity contribution in [1.29, 1.82) is 0 Å². The minimum Gasteiger partial charge on any atom is -0.354 e. The number of pyridine rings is 1. The largest absolute Gasteiger partial charge is 0.354 e. The van der Waals surface area contributed by atoms with Crippen molar-refractivity contribution < 1.29 is 0 Å². The summed E-state index contributed by atoms with van der Waals surface area (Å²) in [4.78, 5) is 4.61. The molecule has 0 aliphatic heterocycles. The van der Waals surface area contributed by atoms with E-state index in [1.807, 2.05) is 37.3 Å². The van der Waals surface area contributed by atoms with Crippen LogP contribution in [0.15, 0.2) is 60.7 Å². The highest BCUT2D eigenvalue weighted by Crippen LogP contribution is 2.24. The van der Waals surface area contributed by atoms with E-state index < -0.39 is 0 Å². The first-order valence-corrected chi connectivity index (χ1v) is 6.01. The maximum atomic E-state index is 4.61. The number of rotatable bonds is 2. The van der Waals surface area contributed by atoms with Crippen LogP contribution >= 0.6 is 0 Å². The number of nitrogens with zero attached hydrogens (tertiary/aromatic N) is 1. The molecule has 1 heterocycles. The molecule has 88 valence electrons. The Hall–Kier alpha value is -2.35.